The highest BCUT2D eigenvalue weighted by Crippen LogP contribution is 2.19. The monoisotopic (exact) mass is 202 g/mol. The number of aliphatic hydroxyl groups is 1. The lowest BCUT2D eigenvalue weighted by Gasteiger charge is -2.22. The summed E-state index contributed by atoms with van der Waals surface area (Å²) < 4.78 is 0. The molecule has 0 fully saturated rings. The first-order valence-corrected chi connectivity index (χ1v) is 5.41. The Morgan fingerprint density at radius 3 is 2.29 bits per heavy atom. The van der Waals surface area contributed by atoms with Crippen LogP contribution in [0, 0.1) is 11.8 Å². The van der Waals surface area contributed by atoms with E-state index in [-0.39, 0.29) is 5.92 Å². The van der Waals surface area contributed by atoms with Gasteiger partial charge in [0.15, 0.2) is 0 Å². The Labute approximate surface area is 86.1 Å². The van der Waals surface area contributed by atoms with Crippen molar-refractivity contribution in [3.8, 4) is 0 Å². The van der Waals surface area contributed by atoms with Gasteiger partial charge in [0.2, 0.25) is 0 Å². The zero-order valence-corrected chi connectivity index (χ0v) is 9.36. The van der Waals surface area contributed by atoms with Gasteiger partial charge in [-0.05, 0) is 12.3 Å². The van der Waals surface area contributed by atoms with Gasteiger partial charge in [0, 0.05) is 0 Å². The summed E-state index contributed by atoms with van der Waals surface area (Å²) >= 11 is 0. The van der Waals surface area contributed by atoms with Crippen molar-refractivity contribution in [3.05, 3.63) is 0 Å². The van der Waals surface area contributed by atoms with E-state index in [9.17, 15) is 9.90 Å². The van der Waals surface area contributed by atoms with E-state index in [1.807, 2.05) is 0 Å². The molecule has 2 N–H and O–H groups in total. The van der Waals surface area contributed by atoms with Gasteiger partial charge in [0.25, 0.3) is 0 Å². The van der Waals surface area contributed by atoms with Crippen molar-refractivity contribution in [2.24, 2.45) is 11.8 Å². The molecule has 3 unspecified atom stereocenters. The molecule has 0 aromatic carbocycles. The third-order valence-electron chi connectivity index (χ3n) is 2.89. The number of aliphatic carboxylic acids is 1. The summed E-state index contributed by atoms with van der Waals surface area (Å²) in [5.74, 6) is -1.46. The van der Waals surface area contributed by atoms with Crippen molar-refractivity contribution < 1.29 is 15.0 Å². The highest BCUT2D eigenvalue weighted by Gasteiger charge is 2.25. The highest BCUT2D eigenvalue weighted by atomic mass is 16.4. The molecule has 0 aliphatic carbocycles. The normalized spacial score (nSPS) is 17.4. The van der Waals surface area contributed by atoms with Gasteiger partial charge in [-0.1, -0.05) is 40.0 Å². The first-order chi connectivity index (χ1) is 6.50. The SMILES string of the molecule is CCCCCC(O)C(C)C(C)C(=O)O. The van der Waals surface area contributed by atoms with Crippen molar-refractivity contribution >= 4 is 5.97 Å². The number of hydrogen-bond acceptors (Lipinski definition) is 2. The molecule has 0 aliphatic heterocycles. The lowest BCUT2D eigenvalue weighted by Crippen LogP contribution is -2.28. The summed E-state index contributed by atoms with van der Waals surface area (Å²) in [5.41, 5.74) is 0. The number of aliphatic hydroxyl groups excluding tert-OH is 1. The second-order valence-corrected chi connectivity index (χ2v) is 4.05. The van der Waals surface area contributed by atoms with Crippen molar-refractivity contribution in [1.29, 1.82) is 0 Å². The third-order valence-corrected chi connectivity index (χ3v) is 2.89. The Bertz CT molecular complexity index is 168. The molecule has 0 aromatic rings. The van der Waals surface area contributed by atoms with Crippen molar-refractivity contribution in [2.75, 3.05) is 0 Å². The number of unbranched alkanes of at least 4 members (excludes halogenated alkanes) is 2. The minimum atomic E-state index is -0.827. The van der Waals surface area contributed by atoms with E-state index >= 15 is 0 Å². The fourth-order valence-corrected chi connectivity index (χ4v) is 1.42. The largest absolute Gasteiger partial charge is 0.481 e. The maximum absolute atomic E-state index is 10.7. The molecule has 3 heteroatoms. The van der Waals surface area contributed by atoms with Crippen LogP contribution in [0.1, 0.15) is 46.5 Å². The molecule has 0 aromatic heterocycles. The summed E-state index contributed by atoms with van der Waals surface area (Å²) in [7, 11) is 0. The first-order valence-electron chi connectivity index (χ1n) is 5.41. The van der Waals surface area contributed by atoms with E-state index in [0.29, 0.717) is 6.42 Å². The summed E-state index contributed by atoms with van der Waals surface area (Å²) in [5, 5.41) is 18.5. The van der Waals surface area contributed by atoms with Crippen LogP contribution in [0.5, 0.6) is 0 Å². The van der Waals surface area contributed by atoms with E-state index in [4.69, 9.17) is 5.11 Å². The Morgan fingerprint density at radius 1 is 1.29 bits per heavy atom. The van der Waals surface area contributed by atoms with Gasteiger partial charge < -0.3 is 10.2 Å². The number of carboxylic acid groups (broad SMARTS) is 1. The molecule has 14 heavy (non-hydrogen) atoms. The Morgan fingerprint density at radius 2 is 1.86 bits per heavy atom. The number of carbonyl (C=O) groups is 1. The third kappa shape index (κ3) is 4.61. The fraction of sp³-hybridized carbons (Fsp3) is 0.909. The molecular weight excluding hydrogens is 180 g/mol. The molecule has 0 heterocycles. The van der Waals surface area contributed by atoms with Crippen LogP contribution < -0.4 is 0 Å². The summed E-state index contributed by atoms with van der Waals surface area (Å²) in [6.07, 6.45) is 3.44. The lowest BCUT2D eigenvalue weighted by atomic mass is 9.88. The Hall–Kier alpha value is -0.570. The fourth-order valence-electron chi connectivity index (χ4n) is 1.42. The Balaban J connectivity index is 3.85. The molecule has 0 saturated heterocycles. The van der Waals surface area contributed by atoms with Crippen LogP contribution in [0.2, 0.25) is 0 Å². The molecule has 0 rings (SSSR count). The van der Waals surface area contributed by atoms with Gasteiger partial charge in [-0.3, -0.25) is 4.79 Å². The van der Waals surface area contributed by atoms with Gasteiger partial charge in [0.1, 0.15) is 0 Å². The van der Waals surface area contributed by atoms with Gasteiger partial charge in [0.05, 0.1) is 12.0 Å². The first kappa shape index (κ1) is 13.4. The van der Waals surface area contributed by atoms with Crippen LogP contribution in [0.4, 0.5) is 0 Å². The maximum atomic E-state index is 10.7. The molecular formula is C11H22O3. The highest BCUT2D eigenvalue weighted by molar-refractivity contribution is 5.69. The predicted octanol–water partition coefficient (Wildman–Crippen LogP) is 2.28. The molecule has 0 saturated carbocycles. The predicted molar refractivity (Wildman–Crippen MR) is 56.1 cm³/mol. The van der Waals surface area contributed by atoms with Gasteiger partial charge in [-0.2, -0.15) is 0 Å². The number of hydrogen-bond donors (Lipinski definition) is 2. The topological polar surface area (TPSA) is 57.5 Å². The zero-order chi connectivity index (χ0) is 11.1. The molecule has 0 aliphatic rings. The van der Waals surface area contributed by atoms with Gasteiger partial charge in [-0.25, -0.2) is 0 Å². The van der Waals surface area contributed by atoms with Crippen molar-refractivity contribution in [2.45, 2.75) is 52.6 Å². The smallest absolute Gasteiger partial charge is 0.306 e. The lowest BCUT2D eigenvalue weighted by molar-refractivity contribution is -0.144. The van der Waals surface area contributed by atoms with E-state index in [1.54, 1.807) is 13.8 Å². The molecule has 0 spiro atoms. The second-order valence-electron chi connectivity index (χ2n) is 4.05. The van der Waals surface area contributed by atoms with Crippen LogP contribution >= 0.6 is 0 Å². The minimum Gasteiger partial charge on any atom is -0.481 e. The molecule has 84 valence electrons. The molecule has 0 radical (unpaired) electrons. The van der Waals surface area contributed by atoms with E-state index in [1.165, 1.54) is 0 Å². The van der Waals surface area contributed by atoms with Crippen LogP contribution in [-0.4, -0.2) is 22.3 Å². The Kier molecular flexibility index (Phi) is 6.54. The number of rotatable bonds is 7. The van der Waals surface area contributed by atoms with Crippen LogP contribution in [0.25, 0.3) is 0 Å². The minimum absolute atomic E-state index is 0.163. The summed E-state index contributed by atoms with van der Waals surface area (Å²) in [6, 6.07) is 0. The van der Waals surface area contributed by atoms with Crippen molar-refractivity contribution in [1.82, 2.24) is 0 Å². The number of carboxylic acids is 1. The summed E-state index contributed by atoms with van der Waals surface area (Å²) in [6.45, 7) is 5.56. The van der Waals surface area contributed by atoms with Gasteiger partial charge in [-0.15, -0.1) is 0 Å². The summed E-state index contributed by atoms with van der Waals surface area (Å²) in [4.78, 5) is 10.7. The standard InChI is InChI=1S/C11H22O3/c1-4-5-6-7-10(12)8(2)9(3)11(13)14/h8-10,12H,4-7H2,1-3H3,(H,13,14). The molecule has 0 bridgehead atoms. The molecule has 3 nitrogen and oxygen atoms in total. The maximum Gasteiger partial charge on any atom is 0.306 e. The zero-order valence-electron chi connectivity index (χ0n) is 9.36. The molecule has 0 amide bonds. The van der Waals surface area contributed by atoms with Crippen molar-refractivity contribution in [3.63, 3.8) is 0 Å². The molecule has 3 atom stereocenters. The van der Waals surface area contributed by atoms with Crippen LogP contribution in [0.3, 0.4) is 0 Å². The van der Waals surface area contributed by atoms with E-state index in [0.717, 1.165) is 19.3 Å². The van der Waals surface area contributed by atoms with Crippen LogP contribution in [-0.2, 0) is 4.79 Å². The average Bonchev–Trinajstić information content (AvgIpc) is 2.15. The average molecular weight is 202 g/mol. The second kappa shape index (κ2) is 6.82. The van der Waals surface area contributed by atoms with Gasteiger partial charge >= 0.3 is 5.97 Å². The van der Waals surface area contributed by atoms with Crippen LogP contribution in [0.15, 0.2) is 0 Å². The van der Waals surface area contributed by atoms with E-state index in [2.05, 4.69) is 6.92 Å². The van der Waals surface area contributed by atoms with E-state index < -0.39 is 18.0 Å². The quantitative estimate of drug-likeness (QED) is 0.623.